The molecule has 0 bridgehead atoms. The van der Waals surface area contributed by atoms with E-state index in [0.29, 0.717) is 0 Å². The first-order chi connectivity index (χ1) is 10.8. The number of hydrogen-bond acceptors (Lipinski definition) is 1. The minimum atomic E-state index is 0.916. The standard InChI is InChI=1S/C21H16O/c1-3-14-6-4-7-15-10-18-13-20-16(8-5-9-21(20)22-2)11-17(18)12-19(14)15/h3-13H,1H2,2H3. The first-order valence-electron chi connectivity index (χ1n) is 7.36. The Kier molecular flexibility index (Phi) is 2.87. The molecule has 4 rings (SSSR count). The summed E-state index contributed by atoms with van der Waals surface area (Å²) in [5.41, 5.74) is 1.17. The minimum Gasteiger partial charge on any atom is -0.496 e. The molecule has 4 aromatic carbocycles. The zero-order chi connectivity index (χ0) is 15.1. The fourth-order valence-corrected chi connectivity index (χ4v) is 3.15. The quantitative estimate of drug-likeness (QED) is 0.423. The van der Waals surface area contributed by atoms with Crippen molar-refractivity contribution in [3.05, 3.63) is 72.8 Å². The largest absolute Gasteiger partial charge is 0.496 e. The Morgan fingerprint density at radius 2 is 1.41 bits per heavy atom. The van der Waals surface area contributed by atoms with Gasteiger partial charge in [-0.15, -0.1) is 0 Å². The van der Waals surface area contributed by atoms with Crippen LogP contribution in [-0.2, 0) is 0 Å². The average molecular weight is 284 g/mol. The second-order valence-electron chi connectivity index (χ2n) is 5.51. The van der Waals surface area contributed by atoms with Gasteiger partial charge in [0.05, 0.1) is 7.11 Å². The number of fused-ring (bicyclic) bond motifs is 3. The van der Waals surface area contributed by atoms with Crippen molar-refractivity contribution in [1.82, 2.24) is 0 Å². The van der Waals surface area contributed by atoms with Crippen LogP contribution in [0.2, 0.25) is 0 Å². The Bertz CT molecular complexity index is 1030. The third kappa shape index (κ3) is 1.86. The van der Waals surface area contributed by atoms with Crippen LogP contribution in [-0.4, -0.2) is 7.11 Å². The van der Waals surface area contributed by atoms with E-state index in [1.54, 1.807) is 7.11 Å². The molecule has 0 saturated carbocycles. The van der Waals surface area contributed by atoms with Crippen molar-refractivity contribution in [3.8, 4) is 5.75 Å². The van der Waals surface area contributed by atoms with Gasteiger partial charge in [0, 0.05) is 5.39 Å². The lowest BCUT2D eigenvalue weighted by atomic mass is 9.97. The maximum Gasteiger partial charge on any atom is 0.126 e. The highest BCUT2D eigenvalue weighted by molar-refractivity contribution is 6.07. The van der Waals surface area contributed by atoms with Gasteiger partial charge in [0.25, 0.3) is 0 Å². The number of ether oxygens (including phenoxy) is 1. The number of methoxy groups -OCH3 is 1. The van der Waals surface area contributed by atoms with Crippen LogP contribution in [0.1, 0.15) is 5.56 Å². The topological polar surface area (TPSA) is 9.23 Å². The SMILES string of the molecule is C=Cc1cccc2cc3cc4c(OC)cccc4cc3cc12. The molecule has 0 aliphatic heterocycles. The van der Waals surface area contributed by atoms with Gasteiger partial charge in [-0.2, -0.15) is 0 Å². The van der Waals surface area contributed by atoms with E-state index >= 15 is 0 Å². The maximum absolute atomic E-state index is 5.49. The molecule has 22 heavy (non-hydrogen) atoms. The van der Waals surface area contributed by atoms with Gasteiger partial charge in [-0.25, -0.2) is 0 Å². The first-order valence-corrected chi connectivity index (χ1v) is 7.36. The Hall–Kier alpha value is -2.80. The molecule has 0 heterocycles. The molecule has 0 radical (unpaired) electrons. The first kappa shape index (κ1) is 12.9. The molecular formula is C21H16O. The highest BCUT2D eigenvalue weighted by Gasteiger charge is 2.06. The predicted molar refractivity (Wildman–Crippen MR) is 95.6 cm³/mol. The average Bonchev–Trinajstić information content (AvgIpc) is 2.57. The molecule has 0 fully saturated rings. The van der Waals surface area contributed by atoms with Crippen LogP contribution >= 0.6 is 0 Å². The Morgan fingerprint density at radius 1 is 0.773 bits per heavy atom. The summed E-state index contributed by atoms with van der Waals surface area (Å²) in [6.45, 7) is 3.92. The van der Waals surface area contributed by atoms with E-state index in [9.17, 15) is 0 Å². The summed E-state index contributed by atoms with van der Waals surface area (Å²) < 4.78 is 5.49. The second-order valence-corrected chi connectivity index (χ2v) is 5.51. The van der Waals surface area contributed by atoms with E-state index in [-0.39, 0.29) is 0 Å². The molecule has 0 amide bonds. The van der Waals surface area contributed by atoms with Crippen LogP contribution < -0.4 is 4.74 Å². The molecule has 0 spiro atoms. The van der Waals surface area contributed by atoms with E-state index in [1.165, 1.54) is 32.5 Å². The number of benzene rings is 4. The summed E-state index contributed by atoms with van der Waals surface area (Å²) in [7, 11) is 1.72. The van der Waals surface area contributed by atoms with Crippen molar-refractivity contribution in [2.75, 3.05) is 7.11 Å². The lowest BCUT2D eigenvalue weighted by Crippen LogP contribution is -1.86. The summed E-state index contributed by atoms with van der Waals surface area (Å²) in [6.07, 6.45) is 1.91. The van der Waals surface area contributed by atoms with E-state index in [4.69, 9.17) is 4.74 Å². The molecule has 4 aromatic rings. The third-order valence-corrected chi connectivity index (χ3v) is 4.27. The zero-order valence-corrected chi connectivity index (χ0v) is 12.5. The van der Waals surface area contributed by atoms with Crippen LogP contribution in [0.15, 0.2) is 67.2 Å². The number of hydrogen-bond donors (Lipinski definition) is 0. The molecule has 0 saturated heterocycles. The lowest BCUT2D eigenvalue weighted by molar-refractivity contribution is 0.420. The van der Waals surface area contributed by atoms with Gasteiger partial charge in [0.1, 0.15) is 5.75 Å². The fourth-order valence-electron chi connectivity index (χ4n) is 3.15. The molecule has 0 aliphatic rings. The maximum atomic E-state index is 5.49. The van der Waals surface area contributed by atoms with E-state index < -0.39 is 0 Å². The van der Waals surface area contributed by atoms with Crippen molar-refractivity contribution in [3.63, 3.8) is 0 Å². The Labute approximate surface area is 129 Å². The van der Waals surface area contributed by atoms with Crippen molar-refractivity contribution >= 4 is 38.4 Å². The molecule has 0 N–H and O–H groups in total. The van der Waals surface area contributed by atoms with Gasteiger partial charge in [-0.3, -0.25) is 0 Å². The minimum absolute atomic E-state index is 0.916. The normalized spacial score (nSPS) is 11.1. The highest BCUT2D eigenvalue weighted by Crippen LogP contribution is 2.32. The third-order valence-electron chi connectivity index (χ3n) is 4.27. The van der Waals surface area contributed by atoms with E-state index in [1.807, 2.05) is 18.2 Å². The van der Waals surface area contributed by atoms with Crippen LogP contribution in [0, 0.1) is 0 Å². The van der Waals surface area contributed by atoms with Crippen LogP contribution in [0.4, 0.5) is 0 Å². The Morgan fingerprint density at radius 3 is 2.09 bits per heavy atom. The number of rotatable bonds is 2. The molecular weight excluding hydrogens is 268 g/mol. The zero-order valence-electron chi connectivity index (χ0n) is 12.5. The van der Waals surface area contributed by atoms with Crippen molar-refractivity contribution in [2.24, 2.45) is 0 Å². The van der Waals surface area contributed by atoms with Crippen LogP contribution in [0.5, 0.6) is 5.75 Å². The van der Waals surface area contributed by atoms with Crippen LogP contribution in [0.25, 0.3) is 38.4 Å². The molecule has 1 nitrogen and oxygen atoms in total. The molecule has 0 aliphatic carbocycles. The summed E-state index contributed by atoms with van der Waals surface area (Å²) in [6, 6.07) is 21.4. The summed E-state index contributed by atoms with van der Waals surface area (Å²) >= 11 is 0. The summed E-state index contributed by atoms with van der Waals surface area (Å²) in [5.74, 6) is 0.916. The molecule has 1 heteroatoms. The van der Waals surface area contributed by atoms with E-state index in [0.717, 1.165) is 11.1 Å². The second kappa shape index (κ2) is 4.88. The van der Waals surface area contributed by atoms with Gasteiger partial charge >= 0.3 is 0 Å². The fraction of sp³-hybridized carbons (Fsp3) is 0.0476. The van der Waals surface area contributed by atoms with Gasteiger partial charge in [-0.05, 0) is 62.8 Å². The highest BCUT2D eigenvalue weighted by atomic mass is 16.5. The summed E-state index contributed by atoms with van der Waals surface area (Å²) in [4.78, 5) is 0. The molecule has 0 atom stereocenters. The van der Waals surface area contributed by atoms with Crippen molar-refractivity contribution in [1.29, 1.82) is 0 Å². The monoisotopic (exact) mass is 284 g/mol. The van der Waals surface area contributed by atoms with Crippen molar-refractivity contribution in [2.45, 2.75) is 0 Å². The molecule has 106 valence electrons. The van der Waals surface area contributed by atoms with Gasteiger partial charge in [0.2, 0.25) is 0 Å². The van der Waals surface area contributed by atoms with Gasteiger partial charge < -0.3 is 4.74 Å². The summed E-state index contributed by atoms with van der Waals surface area (Å²) in [5, 5.41) is 7.29. The Balaban J connectivity index is 2.14. The van der Waals surface area contributed by atoms with Crippen LogP contribution in [0.3, 0.4) is 0 Å². The van der Waals surface area contributed by atoms with Gasteiger partial charge in [-0.1, -0.05) is 43.0 Å². The smallest absolute Gasteiger partial charge is 0.126 e. The van der Waals surface area contributed by atoms with E-state index in [2.05, 4.69) is 55.1 Å². The molecule has 0 aromatic heterocycles. The van der Waals surface area contributed by atoms with Gasteiger partial charge in [0.15, 0.2) is 0 Å². The molecule has 0 unspecified atom stereocenters. The lowest BCUT2D eigenvalue weighted by Gasteiger charge is -2.09. The predicted octanol–water partition coefficient (Wildman–Crippen LogP) is 5.80. The van der Waals surface area contributed by atoms with Crippen molar-refractivity contribution < 1.29 is 4.74 Å².